The van der Waals surface area contributed by atoms with Gasteiger partial charge in [-0.05, 0) is 32.9 Å². The molecule has 0 radical (unpaired) electrons. The molecule has 1 rings (SSSR count). The molecule has 1 aromatic rings. The van der Waals surface area contributed by atoms with Crippen LogP contribution < -0.4 is 10.6 Å². The third-order valence-electron chi connectivity index (χ3n) is 2.53. The molecule has 5 nitrogen and oxygen atoms in total. The summed E-state index contributed by atoms with van der Waals surface area (Å²) in [6.07, 6.45) is 3.39. The van der Waals surface area contributed by atoms with E-state index in [4.69, 9.17) is 0 Å². The van der Waals surface area contributed by atoms with Gasteiger partial charge in [-0.2, -0.15) is 0 Å². The zero-order valence-electron chi connectivity index (χ0n) is 12.1. The van der Waals surface area contributed by atoms with Crippen LogP contribution in [-0.4, -0.2) is 40.0 Å². The Morgan fingerprint density at radius 1 is 1.32 bits per heavy atom. The fraction of sp³-hybridized carbons (Fsp3) is 0.692. The van der Waals surface area contributed by atoms with Crippen molar-refractivity contribution in [1.29, 1.82) is 0 Å². The van der Waals surface area contributed by atoms with Gasteiger partial charge in [-0.1, -0.05) is 18.7 Å². The molecule has 0 aliphatic carbocycles. The first-order chi connectivity index (χ1) is 9.05. The summed E-state index contributed by atoms with van der Waals surface area (Å²) in [4.78, 5) is 8.84. The summed E-state index contributed by atoms with van der Waals surface area (Å²) in [5, 5.41) is 16.7. The molecule has 0 saturated heterocycles. The average molecular weight is 284 g/mol. The average Bonchev–Trinajstić information content (AvgIpc) is 2.34. The van der Waals surface area contributed by atoms with Gasteiger partial charge in [0.15, 0.2) is 5.16 Å². The van der Waals surface area contributed by atoms with Crippen LogP contribution in [0.15, 0.2) is 11.2 Å². The van der Waals surface area contributed by atoms with Crippen LogP contribution in [0.5, 0.6) is 0 Å². The van der Waals surface area contributed by atoms with E-state index >= 15 is 0 Å². The maximum Gasteiger partial charge on any atom is 0.191 e. The van der Waals surface area contributed by atoms with Crippen LogP contribution in [-0.2, 0) is 0 Å². The molecule has 108 valence electrons. The third-order valence-corrected chi connectivity index (χ3v) is 3.08. The summed E-state index contributed by atoms with van der Waals surface area (Å²) in [5.74, 6) is 1.64. The van der Waals surface area contributed by atoms with Crippen molar-refractivity contribution in [3.05, 3.63) is 6.07 Å². The first kappa shape index (κ1) is 16.0. The van der Waals surface area contributed by atoms with Crippen molar-refractivity contribution in [2.75, 3.05) is 23.4 Å². The van der Waals surface area contributed by atoms with Gasteiger partial charge in [0.05, 0.1) is 6.10 Å². The lowest BCUT2D eigenvalue weighted by Gasteiger charge is -2.17. The lowest BCUT2D eigenvalue weighted by atomic mass is 10.1. The topological polar surface area (TPSA) is 70.1 Å². The second kappa shape index (κ2) is 8.22. The van der Waals surface area contributed by atoms with Crippen LogP contribution in [0.2, 0.25) is 0 Å². The van der Waals surface area contributed by atoms with Gasteiger partial charge in [0.25, 0.3) is 0 Å². The highest BCUT2D eigenvalue weighted by Crippen LogP contribution is 2.18. The van der Waals surface area contributed by atoms with Gasteiger partial charge >= 0.3 is 0 Å². The Bertz CT molecular complexity index is 387. The van der Waals surface area contributed by atoms with Crippen molar-refractivity contribution in [2.24, 2.45) is 0 Å². The molecule has 6 heteroatoms. The Morgan fingerprint density at radius 3 is 2.58 bits per heavy atom. The summed E-state index contributed by atoms with van der Waals surface area (Å²) in [6.45, 7) is 6.84. The molecule has 2 unspecified atom stereocenters. The smallest absolute Gasteiger partial charge is 0.191 e. The van der Waals surface area contributed by atoms with E-state index in [-0.39, 0.29) is 12.1 Å². The largest absolute Gasteiger partial charge is 0.393 e. The first-order valence-electron chi connectivity index (χ1n) is 6.66. The fourth-order valence-electron chi connectivity index (χ4n) is 1.76. The minimum Gasteiger partial charge on any atom is -0.393 e. The van der Waals surface area contributed by atoms with Gasteiger partial charge in [0, 0.05) is 18.7 Å². The van der Waals surface area contributed by atoms with Crippen molar-refractivity contribution in [1.82, 2.24) is 9.97 Å². The molecule has 0 aromatic carbocycles. The molecule has 19 heavy (non-hydrogen) atoms. The minimum absolute atomic E-state index is 0.170. The molecule has 0 fully saturated rings. The maximum absolute atomic E-state index is 9.38. The van der Waals surface area contributed by atoms with E-state index in [1.54, 1.807) is 6.92 Å². The van der Waals surface area contributed by atoms with Crippen LogP contribution in [0.25, 0.3) is 0 Å². The second-order valence-electron chi connectivity index (χ2n) is 4.68. The predicted molar refractivity (Wildman–Crippen MR) is 82.0 cm³/mol. The van der Waals surface area contributed by atoms with Crippen molar-refractivity contribution in [3.8, 4) is 0 Å². The van der Waals surface area contributed by atoms with Gasteiger partial charge in [-0.25, -0.2) is 9.97 Å². The van der Waals surface area contributed by atoms with E-state index in [0.29, 0.717) is 6.42 Å². The quantitative estimate of drug-likeness (QED) is 0.503. The van der Waals surface area contributed by atoms with E-state index in [9.17, 15) is 5.11 Å². The van der Waals surface area contributed by atoms with Crippen molar-refractivity contribution in [2.45, 2.75) is 50.9 Å². The Kier molecular flexibility index (Phi) is 6.94. The molecule has 2 atom stereocenters. The van der Waals surface area contributed by atoms with Crippen LogP contribution in [0.3, 0.4) is 0 Å². The number of hydrogen-bond donors (Lipinski definition) is 3. The zero-order valence-corrected chi connectivity index (χ0v) is 12.9. The summed E-state index contributed by atoms with van der Waals surface area (Å²) in [6, 6.07) is 2.08. The fourth-order valence-corrected chi connectivity index (χ4v) is 2.14. The first-order valence-corrected chi connectivity index (χ1v) is 7.89. The lowest BCUT2D eigenvalue weighted by molar-refractivity contribution is 0.179. The monoisotopic (exact) mass is 284 g/mol. The molecule has 0 spiro atoms. The van der Waals surface area contributed by atoms with Gasteiger partial charge in [-0.3, -0.25) is 0 Å². The summed E-state index contributed by atoms with van der Waals surface area (Å²) < 4.78 is 0. The van der Waals surface area contributed by atoms with Crippen LogP contribution in [0, 0.1) is 0 Å². The van der Waals surface area contributed by atoms with E-state index in [2.05, 4.69) is 27.5 Å². The van der Waals surface area contributed by atoms with Crippen LogP contribution in [0.4, 0.5) is 11.6 Å². The molecule has 1 heterocycles. The summed E-state index contributed by atoms with van der Waals surface area (Å²) in [5.41, 5.74) is 0. The van der Waals surface area contributed by atoms with Crippen molar-refractivity contribution >= 4 is 23.4 Å². The van der Waals surface area contributed by atoms with Gasteiger partial charge < -0.3 is 15.7 Å². The second-order valence-corrected chi connectivity index (χ2v) is 5.46. The van der Waals surface area contributed by atoms with Crippen molar-refractivity contribution in [3.63, 3.8) is 0 Å². The standard InChI is InChI=1S/C13H24N4OS/c1-5-6-14-11-8-12(17-13(16-11)19-4)15-9(2)7-10(3)18/h8-10,18H,5-7H2,1-4H3,(H2,14,15,16,17). The molecule has 0 amide bonds. The molecular formula is C13H24N4OS. The Labute approximate surface area is 119 Å². The molecule has 0 saturated carbocycles. The van der Waals surface area contributed by atoms with Gasteiger partial charge in [-0.15, -0.1) is 0 Å². The normalized spacial score (nSPS) is 13.9. The number of anilines is 2. The number of thioether (sulfide) groups is 1. The molecule has 0 bridgehead atoms. The molecule has 0 aliphatic heterocycles. The molecule has 0 aliphatic rings. The number of aliphatic hydroxyl groups excluding tert-OH is 1. The van der Waals surface area contributed by atoms with E-state index in [1.807, 2.05) is 19.2 Å². The molecular weight excluding hydrogens is 260 g/mol. The van der Waals surface area contributed by atoms with E-state index in [0.717, 1.165) is 29.8 Å². The lowest BCUT2D eigenvalue weighted by Crippen LogP contribution is -2.21. The zero-order chi connectivity index (χ0) is 14.3. The van der Waals surface area contributed by atoms with Gasteiger partial charge in [0.2, 0.25) is 0 Å². The van der Waals surface area contributed by atoms with Crippen LogP contribution in [0.1, 0.15) is 33.6 Å². The number of aromatic nitrogens is 2. The molecule has 1 aromatic heterocycles. The number of aliphatic hydroxyl groups is 1. The Balaban J connectivity index is 2.75. The highest BCUT2D eigenvalue weighted by molar-refractivity contribution is 7.98. The summed E-state index contributed by atoms with van der Waals surface area (Å²) in [7, 11) is 0. The highest BCUT2D eigenvalue weighted by Gasteiger charge is 2.09. The van der Waals surface area contributed by atoms with Crippen molar-refractivity contribution < 1.29 is 5.11 Å². The van der Waals surface area contributed by atoms with Crippen LogP contribution >= 0.6 is 11.8 Å². The molecule has 3 N–H and O–H groups in total. The Hall–Kier alpha value is -1.01. The van der Waals surface area contributed by atoms with E-state index in [1.165, 1.54) is 11.8 Å². The number of hydrogen-bond acceptors (Lipinski definition) is 6. The van der Waals surface area contributed by atoms with Gasteiger partial charge in [0.1, 0.15) is 11.6 Å². The maximum atomic E-state index is 9.38. The minimum atomic E-state index is -0.318. The number of rotatable bonds is 8. The third kappa shape index (κ3) is 6.11. The Morgan fingerprint density at radius 2 is 2.00 bits per heavy atom. The highest BCUT2D eigenvalue weighted by atomic mass is 32.2. The van der Waals surface area contributed by atoms with E-state index < -0.39 is 0 Å². The summed E-state index contributed by atoms with van der Waals surface area (Å²) >= 11 is 1.52. The number of nitrogens with one attached hydrogen (secondary N) is 2. The SMILES string of the molecule is CCCNc1cc(NC(C)CC(C)O)nc(SC)n1. The number of nitrogens with zero attached hydrogens (tertiary/aromatic N) is 2. The predicted octanol–water partition coefficient (Wildman–Crippen LogP) is 2.59.